The highest BCUT2D eigenvalue weighted by molar-refractivity contribution is 7.98. The van der Waals surface area contributed by atoms with Gasteiger partial charge in [0.15, 0.2) is 0 Å². The van der Waals surface area contributed by atoms with E-state index in [0.29, 0.717) is 5.69 Å². The average Bonchev–Trinajstić information content (AvgIpc) is 2.28. The molecule has 0 unspecified atom stereocenters. The molecule has 6 heteroatoms. The van der Waals surface area contributed by atoms with Crippen molar-refractivity contribution >= 4 is 11.8 Å². The Labute approximate surface area is 101 Å². The fraction of sp³-hybridized carbons (Fsp3) is 0.0909. The Kier molecular flexibility index (Phi) is 3.06. The minimum absolute atomic E-state index is 0.375. The molecule has 0 fully saturated rings. The van der Waals surface area contributed by atoms with Crippen LogP contribution in [0.2, 0.25) is 0 Å². The third-order valence-corrected chi connectivity index (χ3v) is 3.03. The maximum Gasteiger partial charge on any atom is 0.335 e. The monoisotopic (exact) mass is 250 g/mol. The first-order valence-electron chi connectivity index (χ1n) is 4.82. The molecule has 0 bridgehead atoms. The molecule has 0 aliphatic carbocycles. The van der Waals surface area contributed by atoms with Crippen molar-refractivity contribution in [3.05, 3.63) is 51.2 Å². The van der Waals surface area contributed by atoms with E-state index in [-0.39, 0.29) is 5.88 Å². The first-order chi connectivity index (χ1) is 8.13. The molecule has 0 saturated carbocycles. The Morgan fingerprint density at radius 1 is 1.29 bits per heavy atom. The largest absolute Gasteiger partial charge is 0.494 e. The van der Waals surface area contributed by atoms with Gasteiger partial charge >= 0.3 is 5.69 Å². The molecule has 0 aliphatic rings. The molecule has 88 valence electrons. The van der Waals surface area contributed by atoms with Gasteiger partial charge in [0.1, 0.15) is 0 Å². The molecule has 5 nitrogen and oxygen atoms in total. The lowest BCUT2D eigenvalue weighted by Gasteiger charge is -2.10. The Morgan fingerprint density at radius 3 is 2.65 bits per heavy atom. The number of nitrogens with zero attached hydrogens (tertiary/aromatic N) is 1. The van der Waals surface area contributed by atoms with Crippen LogP contribution in [-0.2, 0) is 0 Å². The van der Waals surface area contributed by atoms with Gasteiger partial charge < -0.3 is 5.11 Å². The van der Waals surface area contributed by atoms with Crippen LogP contribution in [0.3, 0.4) is 0 Å². The van der Waals surface area contributed by atoms with E-state index in [2.05, 4.69) is 4.98 Å². The van der Waals surface area contributed by atoms with E-state index in [1.807, 2.05) is 18.4 Å². The van der Waals surface area contributed by atoms with Gasteiger partial charge in [-0.05, 0) is 18.4 Å². The number of nitrogens with one attached hydrogen (secondary N) is 1. The normalized spacial score (nSPS) is 10.4. The van der Waals surface area contributed by atoms with Crippen LogP contribution >= 0.6 is 11.8 Å². The third-order valence-electron chi connectivity index (χ3n) is 2.25. The lowest BCUT2D eigenvalue weighted by Crippen LogP contribution is -2.28. The van der Waals surface area contributed by atoms with Crippen LogP contribution < -0.4 is 11.2 Å². The molecule has 0 amide bonds. The number of thioether (sulfide) groups is 1. The molecule has 0 atom stereocenters. The zero-order valence-electron chi connectivity index (χ0n) is 9.01. The standard InChI is InChI=1S/C11H10N2O3S/c1-17-8-5-3-2-4-7(8)13-10(15)6-9(14)12-11(13)16/h2-6,15H,1H3,(H,12,14,16). The van der Waals surface area contributed by atoms with Crippen LogP contribution in [0.15, 0.2) is 44.8 Å². The van der Waals surface area contributed by atoms with E-state index in [9.17, 15) is 14.7 Å². The fourth-order valence-electron chi connectivity index (χ4n) is 1.53. The molecular weight excluding hydrogens is 240 g/mol. The number of aromatic nitrogens is 2. The zero-order chi connectivity index (χ0) is 12.4. The lowest BCUT2D eigenvalue weighted by molar-refractivity contribution is 0.430. The van der Waals surface area contributed by atoms with Crippen molar-refractivity contribution in [1.29, 1.82) is 0 Å². The number of benzene rings is 1. The average molecular weight is 250 g/mol. The summed E-state index contributed by atoms with van der Waals surface area (Å²) in [5, 5.41) is 9.68. The summed E-state index contributed by atoms with van der Waals surface area (Å²) in [6, 6.07) is 8.09. The van der Waals surface area contributed by atoms with Gasteiger partial charge in [-0.15, -0.1) is 11.8 Å². The molecule has 17 heavy (non-hydrogen) atoms. The number of aromatic hydroxyl groups is 1. The predicted molar refractivity (Wildman–Crippen MR) is 66.1 cm³/mol. The van der Waals surface area contributed by atoms with Crippen LogP contribution in [0.1, 0.15) is 0 Å². The van der Waals surface area contributed by atoms with Gasteiger partial charge in [0, 0.05) is 4.90 Å². The summed E-state index contributed by atoms with van der Waals surface area (Å²) in [6.45, 7) is 0. The van der Waals surface area contributed by atoms with Crippen LogP contribution in [0.4, 0.5) is 0 Å². The number of H-pyrrole nitrogens is 1. The van der Waals surface area contributed by atoms with E-state index < -0.39 is 11.2 Å². The number of aromatic amines is 1. The maximum atomic E-state index is 11.7. The van der Waals surface area contributed by atoms with Crippen molar-refractivity contribution in [1.82, 2.24) is 9.55 Å². The summed E-state index contributed by atoms with van der Waals surface area (Å²) in [4.78, 5) is 25.6. The number of hydrogen-bond acceptors (Lipinski definition) is 4. The van der Waals surface area contributed by atoms with Crippen molar-refractivity contribution in [2.24, 2.45) is 0 Å². The molecule has 0 spiro atoms. The van der Waals surface area contributed by atoms with E-state index in [1.165, 1.54) is 11.8 Å². The molecule has 1 heterocycles. The second kappa shape index (κ2) is 4.50. The number of para-hydroxylation sites is 1. The summed E-state index contributed by atoms with van der Waals surface area (Å²) in [7, 11) is 0. The van der Waals surface area contributed by atoms with Crippen molar-refractivity contribution < 1.29 is 5.11 Å². The van der Waals surface area contributed by atoms with E-state index in [1.54, 1.807) is 12.1 Å². The van der Waals surface area contributed by atoms with Gasteiger partial charge in [0.2, 0.25) is 5.88 Å². The van der Waals surface area contributed by atoms with Crippen molar-refractivity contribution in [3.8, 4) is 11.6 Å². The van der Waals surface area contributed by atoms with E-state index in [4.69, 9.17) is 0 Å². The van der Waals surface area contributed by atoms with Gasteiger partial charge in [-0.1, -0.05) is 12.1 Å². The third kappa shape index (κ3) is 2.12. The quantitative estimate of drug-likeness (QED) is 0.778. The molecular formula is C11H10N2O3S. The first kappa shape index (κ1) is 11.5. The Morgan fingerprint density at radius 2 is 2.00 bits per heavy atom. The van der Waals surface area contributed by atoms with Crippen LogP contribution in [-0.4, -0.2) is 20.9 Å². The highest BCUT2D eigenvalue weighted by atomic mass is 32.2. The summed E-state index contributed by atoms with van der Waals surface area (Å²) >= 11 is 1.45. The van der Waals surface area contributed by atoms with E-state index in [0.717, 1.165) is 15.5 Å². The topological polar surface area (TPSA) is 75.1 Å². The van der Waals surface area contributed by atoms with Crippen molar-refractivity contribution in [2.45, 2.75) is 4.90 Å². The molecule has 2 N–H and O–H groups in total. The van der Waals surface area contributed by atoms with Gasteiger partial charge in [0.05, 0.1) is 11.8 Å². The molecule has 0 saturated heterocycles. The molecule has 2 rings (SSSR count). The zero-order valence-corrected chi connectivity index (χ0v) is 9.82. The van der Waals surface area contributed by atoms with Crippen LogP contribution in [0.25, 0.3) is 5.69 Å². The molecule has 1 aromatic heterocycles. The smallest absolute Gasteiger partial charge is 0.335 e. The maximum absolute atomic E-state index is 11.7. The summed E-state index contributed by atoms with van der Waals surface area (Å²) in [5.74, 6) is -0.375. The molecule has 0 aliphatic heterocycles. The SMILES string of the molecule is CSc1ccccc1-n1c(O)cc(=O)[nH]c1=O. The second-order valence-corrected chi connectivity index (χ2v) is 4.15. The van der Waals surface area contributed by atoms with Gasteiger partial charge in [-0.25, -0.2) is 9.36 Å². The van der Waals surface area contributed by atoms with Gasteiger partial charge in [0.25, 0.3) is 5.56 Å². The number of rotatable bonds is 2. The Bertz CT molecular complexity index is 660. The first-order valence-corrected chi connectivity index (χ1v) is 6.04. The summed E-state index contributed by atoms with van der Waals surface area (Å²) in [6.07, 6.45) is 1.87. The predicted octanol–water partition coefficient (Wildman–Crippen LogP) is 0.953. The summed E-state index contributed by atoms with van der Waals surface area (Å²) < 4.78 is 1.06. The minimum atomic E-state index is -0.656. The van der Waals surface area contributed by atoms with Gasteiger partial charge in [-0.3, -0.25) is 9.78 Å². The van der Waals surface area contributed by atoms with Crippen molar-refractivity contribution in [3.63, 3.8) is 0 Å². The molecule has 2 aromatic rings. The van der Waals surface area contributed by atoms with Gasteiger partial charge in [-0.2, -0.15) is 0 Å². The fourth-order valence-corrected chi connectivity index (χ4v) is 2.11. The Hall–Kier alpha value is -1.95. The Balaban J connectivity index is 2.77. The van der Waals surface area contributed by atoms with Crippen molar-refractivity contribution in [2.75, 3.05) is 6.26 Å². The highest BCUT2D eigenvalue weighted by Gasteiger charge is 2.10. The number of hydrogen-bond donors (Lipinski definition) is 2. The van der Waals surface area contributed by atoms with E-state index >= 15 is 0 Å². The van der Waals surface area contributed by atoms with Crippen LogP contribution in [0, 0.1) is 0 Å². The molecule has 1 aromatic carbocycles. The second-order valence-electron chi connectivity index (χ2n) is 3.30. The highest BCUT2D eigenvalue weighted by Crippen LogP contribution is 2.24. The molecule has 0 radical (unpaired) electrons. The minimum Gasteiger partial charge on any atom is -0.494 e. The lowest BCUT2D eigenvalue weighted by atomic mass is 10.3. The van der Waals surface area contributed by atoms with Crippen LogP contribution in [0.5, 0.6) is 5.88 Å². The summed E-state index contributed by atoms with van der Waals surface area (Å²) in [5.41, 5.74) is -0.736.